The third kappa shape index (κ3) is 3.43. The number of rotatable bonds is 7. The molecule has 1 fully saturated rings. The summed E-state index contributed by atoms with van der Waals surface area (Å²) in [5.41, 5.74) is 1.11. The first-order valence-corrected chi connectivity index (χ1v) is 6.63. The van der Waals surface area contributed by atoms with Crippen LogP contribution in [0.4, 0.5) is 0 Å². The normalized spacial score (nSPS) is 16.9. The van der Waals surface area contributed by atoms with E-state index in [4.69, 9.17) is 4.74 Å². The third-order valence-electron chi connectivity index (χ3n) is 3.62. The number of hydrogen-bond donors (Lipinski definition) is 1. The maximum atomic E-state index is 5.24. The van der Waals surface area contributed by atoms with Crippen LogP contribution in [0.15, 0.2) is 18.3 Å². The fourth-order valence-electron chi connectivity index (χ4n) is 2.14. The summed E-state index contributed by atoms with van der Waals surface area (Å²) in [5, 5.41) is 3.48. The summed E-state index contributed by atoms with van der Waals surface area (Å²) in [7, 11) is 3.88. The Kier molecular flexibility index (Phi) is 4.55. The second-order valence-electron chi connectivity index (χ2n) is 5.05. The van der Waals surface area contributed by atoms with Crippen molar-refractivity contribution in [2.45, 2.75) is 38.4 Å². The fourth-order valence-corrected chi connectivity index (χ4v) is 2.14. The summed E-state index contributed by atoms with van der Waals surface area (Å²) >= 11 is 0. The zero-order chi connectivity index (χ0) is 13.0. The van der Waals surface area contributed by atoms with E-state index in [9.17, 15) is 0 Å². The average molecular weight is 249 g/mol. The summed E-state index contributed by atoms with van der Waals surface area (Å²) in [6, 6.07) is 5.38. The standard InChI is InChI=1S/C14H23N3O/c1-11(17(2)13-6-7-13)9-15-10-12-5-4-8-16-14(12)18-3/h4-5,8,11,13,15H,6-7,9-10H2,1-3H3. The van der Waals surface area contributed by atoms with Crippen LogP contribution in [0.3, 0.4) is 0 Å². The van der Waals surface area contributed by atoms with Crippen molar-refractivity contribution in [3.63, 3.8) is 0 Å². The molecule has 1 unspecified atom stereocenters. The SMILES string of the molecule is COc1ncccc1CNCC(C)N(C)C1CC1. The Bertz CT molecular complexity index is 379. The van der Waals surface area contributed by atoms with Crippen molar-refractivity contribution in [3.8, 4) is 5.88 Å². The molecule has 1 atom stereocenters. The van der Waals surface area contributed by atoms with E-state index in [0.717, 1.165) is 24.7 Å². The second kappa shape index (κ2) is 6.16. The molecule has 1 N–H and O–H groups in total. The van der Waals surface area contributed by atoms with Crippen molar-refractivity contribution in [2.24, 2.45) is 0 Å². The van der Waals surface area contributed by atoms with E-state index in [1.165, 1.54) is 12.8 Å². The van der Waals surface area contributed by atoms with Crippen LogP contribution in [-0.4, -0.2) is 42.7 Å². The first-order valence-electron chi connectivity index (χ1n) is 6.63. The molecule has 1 aromatic heterocycles. The average Bonchev–Trinajstić information content (AvgIpc) is 3.22. The van der Waals surface area contributed by atoms with Crippen LogP contribution in [0.2, 0.25) is 0 Å². The van der Waals surface area contributed by atoms with Crippen LogP contribution in [-0.2, 0) is 6.54 Å². The molecular weight excluding hydrogens is 226 g/mol. The highest BCUT2D eigenvalue weighted by Crippen LogP contribution is 2.26. The maximum absolute atomic E-state index is 5.24. The lowest BCUT2D eigenvalue weighted by molar-refractivity contribution is 0.240. The molecule has 4 heteroatoms. The molecule has 0 aliphatic heterocycles. The number of nitrogens with one attached hydrogen (secondary N) is 1. The van der Waals surface area contributed by atoms with Gasteiger partial charge < -0.3 is 10.1 Å². The molecule has 2 rings (SSSR count). The Hall–Kier alpha value is -1.13. The van der Waals surface area contributed by atoms with E-state index >= 15 is 0 Å². The van der Waals surface area contributed by atoms with Gasteiger partial charge in [-0.15, -0.1) is 0 Å². The number of likely N-dealkylation sites (N-methyl/N-ethyl adjacent to an activating group) is 1. The quantitative estimate of drug-likeness (QED) is 0.797. The van der Waals surface area contributed by atoms with Crippen LogP contribution >= 0.6 is 0 Å². The number of methoxy groups -OCH3 is 1. The molecule has 0 aromatic carbocycles. The predicted octanol–water partition coefficient (Wildman–Crippen LogP) is 1.66. The van der Waals surface area contributed by atoms with Crippen molar-refractivity contribution in [1.29, 1.82) is 0 Å². The van der Waals surface area contributed by atoms with Gasteiger partial charge in [-0.05, 0) is 32.9 Å². The Morgan fingerprint density at radius 1 is 1.56 bits per heavy atom. The molecule has 0 amide bonds. The van der Waals surface area contributed by atoms with Gasteiger partial charge in [0.1, 0.15) is 0 Å². The molecule has 0 radical (unpaired) electrons. The van der Waals surface area contributed by atoms with Crippen molar-refractivity contribution in [2.75, 3.05) is 20.7 Å². The molecule has 1 aromatic rings. The van der Waals surface area contributed by atoms with E-state index in [0.29, 0.717) is 11.9 Å². The minimum Gasteiger partial charge on any atom is -0.481 e. The number of ether oxygens (including phenoxy) is 1. The molecule has 100 valence electrons. The summed E-state index contributed by atoms with van der Waals surface area (Å²) < 4.78 is 5.24. The maximum Gasteiger partial charge on any atom is 0.217 e. The van der Waals surface area contributed by atoms with Crippen LogP contribution < -0.4 is 10.1 Å². The molecule has 1 saturated carbocycles. The van der Waals surface area contributed by atoms with Crippen molar-refractivity contribution < 1.29 is 4.74 Å². The van der Waals surface area contributed by atoms with Crippen LogP contribution in [0, 0.1) is 0 Å². The zero-order valence-corrected chi connectivity index (χ0v) is 11.5. The first kappa shape index (κ1) is 13.3. The van der Waals surface area contributed by atoms with Gasteiger partial charge in [-0.1, -0.05) is 6.07 Å². The van der Waals surface area contributed by atoms with Crippen LogP contribution in [0.5, 0.6) is 5.88 Å². The van der Waals surface area contributed by atoms with Gasteiger partial charge in [0, 0.05) is 36.9 Å². The van der Waals surface area contributed by atoms with Gasteiger partial charge in [0.2, 0.25) is 5.88 Å². The highest BCUT2D eigenvalue weighted by Gasteiger charge is 2.28. The molecule has 0 saturated heterocycles. The van der Waals surface area contributed by atoms with Crippen molar-refractivity contribution in [1.82, 2.24) is 15.2 Å². The lowest BCUT2D eigenvalue weighted by atomic mass is 10.2. The Morgan fingerprint density at radius 2 is 2.33 bits per heavy atom. The molecule has 4 nitrogen and oxygen atoms in total. The molecule has 0 spiro atoms. The number of hydrogen-bond acceptors (Lipinski definition) is 4. The van der Waals surface area contributed by atoms with Crippen molar-refractivity contribution >= 4 is 0 Å². The van der Waals surface area contributed by atoms with E-state index in [-0.39, 0.29) is 0 Å². The summed E-state index contributed by atoms with van der Waals surface area (Å²) in [6.07, 6.45) is 4.47. The highest BCUT2D eigenvalue weighted by atomic mass is 16.5. The van der Waals surface area contributed by atoms with E-state index in [2.05, 4.69) is 29.2 Å². The summed E-state index contributed by atoms with van der Waals surface area (Å²) in [5.74, 6) is 0.716. The molecule has 0 bridgehead atoms. The lowest BCUT2D eigenvalue weighted by Crippen LogP contribution is -2.38. The third-order valence-corrected chi connectivity index (χ3v) is 3.62. The van der Waals surface area contributed by atoms with Gasteiger partial charge in [-0.3, -0.25) is 4.90 Å². The van der Waals surface area contributed by atoms with Gasteiger partial charge in [0.25, 0.3) is 0 Å². The Labute approximate surface area is 109 Å². The molecular formula is C14H23N3O. The lowest BCUT2D eigenvalue weighted by Gasteiger charge is -2.24. The molecule has 1 heterocycles. The summed E-state index contributed by atoms with van der Waals surface area (Å²) in [6.45, 7) is 4.07. The largest absolute Gasteiger partial charge is 0.481 e. The van der Waals surface area contributed by atoms with Crippen LogP contribution in [0.25, 0.3) is 0 Å². The van der Waals surface area contributed by atoms with Crippen LogP contribution in [0.1, 0.15) is 25.3 Å². The van der Waals surface area contributed by atoms with E-state index in [1.54, 1.807) is 13.3 Å². The number of pyridine rings is 1. The van der Waals surface area contributed by atoms with Gasteiger partial charge >= 0.3 is 0 Å². The van der Waals surface area contributed by atoms with Gasteiger partial charge in [0.05, 0.1) is 7.11 Å². The van der Waals surface area contributed by atoms with Gasteiger partial charge in [-0.2, -0.15) is 0 Å². The van der Waals surface area contributed by atoms with Gasteiger partial charge in [-0.25, -0.2) is 4.98 Å². The van der Waals surface area contributed by atoms with E-state index < -0.39 is 0 Å². The number of aromatic nitrogens is 1. The highest BCUT2D eigenvalue weighted by molar-refractivity contribution is 5.24. The first-order chi connectivity index (χ1) is 8.72. The monoisotopic (exact) mass is 249 g/mol. The van der Waals surface area contributed by atoms with Crippen molar-refractivity contribution in [3.05, 3.63) is 23.9 Å². The molecule has 18 heavy (non-hydrogen) atoms. The minimum absolute atomic E-state index is 0.570. The second-order valence-corrected chi connectivity index (χ2v) is 5.05. The fraction of sp³-hybridized carbons (Fsp3) is 0.643. The zero-order valence-electron chi connectivity index (χ0n) is 11.5. The van der Waals surface area contributed by atoms with E-state index in [1.807, 2.05) is 12.1 Å². The topological polar surface area (TPSA) is 37.4 Å². The summed E-state index contributed by atoms with van der Waals surface area (Å²) in [4.78, 5) is 6.66. The smallest absolute Gasteiger partial charge is 0.217 e. The Balaban J connectivity index is 1.77. The Morgan fingerprint density at radius 3 is 3.00 bits per heavy atom. The molecule has 1 aliphatic rings. The van der Waals surface area contributed by atoms with Gasteiger partial charge in [0.15, 0.2) is 0 Å². The molecule has 1 aliphatic carbocycles. The minimum atomic E-state index is 0.570. The predicted molar refractivity (Wildman–Crippen MR) is 72.7 cm³/mol. The number of nitrogens with zero attached hydrogens (tertiary/aromatic N) is 2.